The van der Waals surface area contributed by atoms with Gasteiger partial charge < -0.3 is 24.9 Å². The van der Waals surface area contributed by atoms with E-state index in [-0.39, 0.29) is 34.6 Å². The molecule has 0 unspecified atom stereocenters. The third kappa shape index (κ3) is 3.91. The van der Waals surface area contributed by atoms with Gasteiger partial charge in [0.15, 0.2) is 22.9 Å². The summed E-state index contributed by atoms with van der Waals surface area (Å²) in [6.07, 6.45) is -1.63. The van der Waals surface area contributed by atoms with E-state index in [1.54, 1.807) is 0 Å². The van der Waals surface area contributed by atoms with E-state index in [0.29, 0.717) is 5.65 Å². The van der Waals surface area contributed by atoms with Crippen molar-refractivity contribution < 1.29 is 24.9 Å². The summed E-state index contributed by atoms with van der Waals surface area (Å²) in [7, 11) is 0. The number of ether oxygens (including phenoxy) is 1. The Morgan fingerprint density at radius 3 is 2.52 bits per heavy atom. The molecule has 1 saturated heterocycles. The van der Waals surface area contributed by atoms with E-state index in [4.69, 9.17) is 15.0 Å². The molecule has 0 radical (unpaired) electrons. The van der Waals surface area contributed by atoms with Crippen LogP contribution in [0.2, 0.25) is 0 Å². The average Bonchev–Trinajstić information content (AvgIpc) is 3.24. The molecule has 4 N–H and O–H groups in total. The maximum absolute atomic E-state index is 10.2. The molecule has 1 aliphatic heterocycles. The highest BCUT2D eigenvalue weighted by molar-refractivity contribution is 8.93. The lowest BCUT2D eigenvalue weighted by Crippen LogP contribution is -2.33. The van der Waals surface area contributed by atoms with Crippen LogP contribution < -0.4 is 10.3 Å². The third-order valence-electron chi connectivity index (χ3n) is 4.78. The number of fused-ring (bicyclic) bond motifs is 1. The lowest BCUT2D eigenvalue weighted by atomic mass is 10.1. The number of aromatic nitrogens is 4. The first-order chi connectivity index (χ1) is 13.5. The van der Waals surface area contributed by atoms with Crippen molar-refractivity contribution in [3.8, 4) is 0 Å². The second-order valence-corrected chi connectivity index (χ2v) is 6.73. The number of nitrogens with zero attached hydrogens (tertiary/aromatic N) is 4. The molecule has 29 heavy (non-hydrogen) atoms. The van der Waals surface area contributed by atoms with Crippen molar-refractivity contribution >= 4 is 28.1 Å². The van der Waals surface area contributed by atoms with Crippen molar-refractivity contribution in [2.45, 2.75) is 38.1 Å². The summed E-state index contributed by atoms with van der Waals surface area (Å²) >= 11 is 0. The largest absolute Gasteiger partial charge is 0.406 e. The summed E-state index contributed by atoms with van der Waals surface area (Å²) in [5.41, 5.74) is 2.65. The van der Waals surface area contributed by atoms with Gasteiger partial charge in [0.1, 0.15) is 31.2 Å². The van der Waals surface area contributed by atoms with Crippen molar-refractivity contribution in [3.05, 3.63) is 53.5 Å². The van der Waals surface area contributed by atoms with E-state index in [9.17, 15) is 15.3 Å². The number of aliphatic hydroxyl groups is 3. The van der Waals surface area contributed by atoms with Crippen LogP contribution in [0.15, 0.2) is 36.9 Å². The number of hydrogen-bond acceptors (Lipinski definition) is 8. The summed E-state index contributed by atoms with van der Waals surface area (Å²) in [6, 6.07) is 7.86. The summed E-state index contributed by atoms with van der Waals surface area (Å²) in [6.45, 7) is 1.84. The summed E-state index contributed by atoms with van der Waals surface area (Å²) in [5.74, 6) is 0. The number of halogens is 1. The molecule has 1 aromatic carbocycles. The molecule has 11 heteroatoms. The normalized spacial score (nSPS) is 23.9. The highest BCUT2D eigenvalue weighted by Gasteiger charge is 2.43. The monoisotopic (exact) mass is 467 g/mol. The first-order valence-corrected chi connectivity index (χ1v) is 8.79. The molecule has 0 bridgehead atoms. The minimum absolute atomic E-state index is 0. The van der Waals surface area contributed by atoms with Gasteiger partial charge in [-0.1, -0.05) is 29.8 Å². The number of nitrogens with one attached hydrogen (secondary N) is 1. The Morgan fingerprint density at radius 1 is 1.14 bits per heavy atom. The van der Waals surface area contributed by atoms with Crippen LogP contribution in [0.3, 0.4) is 0 Å². The van der Waals surface area contributed by atoms with E-state index >= 15 is 0 Å². The fraction of sp³-hybridized carbons (Fsp3) is 0.389. The van der Waals surface area contributed by atoms with Crippen LogP contribution in [0, 0.1) is 12.3 Å². The number of imidazole rings is 1. The molecule has 1 fully saturated rings. The molecule has 10 nitrogen and oxygen atoms in total. The molecule has 3 aromatic rings. The maximum atomic E-state index is 10.2. The summed E-state index contributed by atoms with van der Waals surface area (Å²) in [4.78, 5) is 14.1. The van der Waals surface area contributed by atoms with Gasteiger partial charge in [-0.25, -0.2) is 9.97 Å². The Balaban J connectivity index is 0.00000240. The van der Waals surface area contributed by atoms with Gasteiger partial charge >= 0.3 is 0 Å². The first kappa shape index (κ1) is 21.4. The molecule has 3 heterocycles. The van der Waals surface area contributed by atoms with Gasteiger partial charge in [0.05, 0.1) is 12.9 Å². The van der Waals surface area contributed by atoms with Crippen molar-refractivity contribution in [2.24, 2.45) is 0 Å². The highest BCUT2D eigenvalue weighted by Crippen LogP contribution is 2.30. The zero-order chi connectivity index (χ0) is 19.8. The molecule has 0 aliphatic carbocycles. The molecular weight excluding hydrogens is 446 g/mol. The van der Waals surface area contributed by atoms with Crippen LogP contribution in [0.1, 0.15) is 17.4 Å². The van der Waals surface area contributed by atoms with Gasteiger partial charge in [-0.2, -0.15) is 4.73 Å². The fourth-order valence-corrected chi connectivity index (χ4v) is 3.14. The fourth-order valence-electron chi connectivity index (χ4n) is 3.14. The zero-order valence-corrected chi connectivity index (χ0v) is 17.3. The molecular formula is C18H22BrN5O5. The molecule has 156 valence electrons. The van der Waals surface area contributed by atoms with Gasteiger partial charge in [-0.3, -0.25) is 9.98 Å². The van der Waals surface area contributed by atoms with Crippen LogP contribution >= 0.6 is 17.0 Å². The molecule has 0 spiro atoms. The zero-order valence-electron chi connectivity index (χ0n) is 15.5. The third-order valence-corrected chi connectivity index (χ3v) is 4.78. The Hall–Kier alpha value is -2.31. The predicted molar refractivity (Wildman–Crippen MR) is 106 cm³/mol. The van der Waals surface area contributed by atoms with Crippen molar-refractivity contribution in [2.75, 3.05) is 6.61 Å². The van der Waals surface area contributed by atoms with Crippen LogP contribution in [0.25, 0.3) is 11.2 Å². The number of benzene rings is 1. The molecule has 1 aliphatic rings. The molecule has 0 amide bonds. The van der Waals surface area contributed by atoms with E-state index in [0.717, 1.165) is 11.1 Å². The number of hydrogen-bond donors (Lipinski definition) is 4. The summed E-state index contributed by atoms with van der Waals surface area (Å²) in [5, 5.41) is 37.7. The van der Waals surface area contributed by atoms with Crippen LogP contribution in [-0.4, -0.2) is 59.5 Å². The lowest BCUT2D eigenvalue weighted by Gasteiger charge is -2.16. The van der Waals surface area contributed by atoms with Crippen molar-refractivity contribution in [3.63, 3.8) is 0 Å². The molecule has 4 rings (SSSR count). The average molecular weight is 468 g/mol. The van der Waals surface area contributed by atoms with E-state index in [1.807, 2.05) is 31.2 Å². The van der Waals surface area contributed by atoms with Crippen molar-refractivity contribution in [1.82, 2.24) is 19.3 Å². The Bertz CT molecular complexity index is 1040. The Kier molecular flexibility index (Phi) is 6.34. The summed E-state index contributed by atoms with van der Waals surface area (Å²) < 4.78 is 8.16. The lowest BCUT2D eigenvalue weighted by molar-refractivity contribution is -0.0511. The van der Waals surface area contributed by atoms with Crippen LogP contribution in [0.4, 0.5) is 0 Å². The molecule has 2 aromatic heterocycles. The number of aryl methyl sites for hydroxylation is 1. The van der Waals surface area contributed by atoms with E-state index in [2.05, 4.69) is 9.97 Å². The Morgan fingerprint density at radius 2 is 1.86 bits per heavy atom. The van der Waals surface area contributed by atoms with Crippen molar-refractivity contribution in [1.29, 1.82) is 5.41 Å². The Labute approximate surface area is 176 Å². The maximum Gasteiger partial charge on any atom is 0.192 e. The van der Waals surface area contributed by atoms with Crippen LogP contribution in [0.5, 0.6) is 0 Å². The van der Waals surface area contributed by atoms with Crippen LogP contribution in [-0.2, 0) is 11.3 Å². The van der Waals surface area contributed by atoms with E-state index in [1.165, 1.54) is 22.0 Å². The minimum Gasteiger partial charge on any atom is -0.406 e. The number of rotatable bonds is 5. The predicted octanol–water partition coefficient (Wildman–Crippen LogP) is -0.161. The number of aliphatic hydroxyl groups excluding tert-OH is 3. The second-order valence-electron chi connectivity index (χ2n) is 6.73. The van der Waals surface area contributed by atoms with Gasteiger partial charge in [0, 0.05) is 0 Å². The highest BCUT2D eigenvalue weighted by atomic mass is 79.9. The standard InChI is InChI=1S/C18H21N5O5.BrH/c1-10-2-4-11(5-3-10)7-27-23-9-21-17-13(16(23)19)20-8-22(17)18-15(26)14(25)12(6-24)28-18;/h2-5,8-9,12,14-15,18-19,24-26H,6-7H2,1H3;1H/t12-,14-,15-,18-;/m1./s1. The van der Waals surface area contributed by atoms with Gasteiger partial charge in [0.2, 0.25) is 0 Å². The second kappa shape index (κ2) is 8.59. The quantitative estimate of drug-likeness (QED) is 0.408. The minimum atomic E-state index is -1.25. The van der Waals surface area contributed by atoms with Gasteiger partial charge in [-0.05, 0) is 12.5 Å². The first-order valence-electron chi connectivity index (χ1n) is 8.79. The SMILES string of the molecule is Br.Cc1ccc(COn2cnc3c(ncn3[C@@H]3O[C@H](CO)[C@@H](O)[C@H]3O)c2=N)cc1. The smallest absolute Gasteiger partial charge is 0.192 e. The molecule has 4 atom stereocenters. The van der Waals surface area contributed by atoms with Gasteiger partial charge in [0.25, 0.3) is 0 Å². The topological polar surface area (TPSA) is 139 Å². The van der Waals surface area contributed by atoms with E-state index < -0.39 is 31.1 Å². The molecule has 0 saturated carbocycles. The van der Waals surface area contributed by atoms with Gasteiger partial charge in [-0.15, -0.1) is 17.0 Å².